The van der Waals surface area contributed by atoms with Gasteiger partial charge in [-0.05, 0) is 40.0 Å². The first-order valence-electron chi connectivity index (χ1n) is 7.06. The van der Waals surface area contributed by atoms with Crippen LogP contribution in [0.4, 0.5) is 0 Å². The van der Waals surface area contributed by atoms with Crippen LogP contribution in [0.15, 0.2) is 29.2 Å². The minimum absolute atomic E-state index is 0.132. The Hall–Kier alpha value is -1.24. The van der Waals surface area contributed by atoms with E-state index >= 15 is 0 Å². The van der Waals surface area contributed by atoms with Crippen molar-refractivity contribution in [1.29, 1.82) is 0 Å². The van der Waals surface area contributed by atoms with Crippen LogP contribution in [0.1, 0.15) is 31.1 Å². The summed E-state index contributed by atoms with van der Waals surface area (Å²) in [5, 5.41) is 0. The fraction of sp³-hybridized carbons (Fsp3) is 0.533. The largest absolute Gasteiger partial charge is 0.298 e. The summed E-state index contributed by atoms with van der Waals surface area (Å²) < 4.78 is 27.0. The average Bonchev–Trinajstić information content (AvgIpc) is 2.44. The van der Waals surface area contributed by atoms with E-state index in [1.54, 1.807) is 18.2 Å². The molecule has 0 radical (unpaired) electrons. The quantitative estimate of drug-likeness (QED) is 0.796. The highest BCUT2D eigenvalue weighted by Gasteiger charge is 2.34. The van der Waals surface area contributed by atoms with Crippen LogP contribution in [-0.4, -0.2) is 55.6 Å². The highest BCUT2D eigenvalue weighted by Crippen LogP contribution is 2.22. The maximum Gasteiger partial charge on any atom is 0.243 e. The molecule has 1 fully saturated rings. The van der Waals surface area contributed by atoms with Crippen LogP contribution in [-0.2, 0) is 10.0 Å². The maximum absolute atomic E-state index is 12.8. The lowest BCUT2D eigenvalue weighted by Crippen LogP contribution is -2.56. The zero-order valence-electron chi connectivity index (χ0n) is 12.9. The highest BCUT2D eigenvalue weighted by atomic mass is 32.2. The maximum atomic E-state index is 12.8. The molecule has 1 aliphatic rings. The van der Waals surface area contributed by atoms with Crippen LogP contribution in [0.2, 0.25) is 0 Å². The monoisotopic (exact) mass is 310 g/mol. The third-order valence-corrected chi connectivity index (χ3v) is 6.03. The summed E-state index contributed by atoms with van der Waals surface area (Å²) in [7, 11) is -1.54. The topological polar surface area (TPSA) is 57.7 Å². The molecule has 1 heterocycles. The molecule has 1 aliphatic heterocycles. The van der Waals surface area contributed by atoms with Gasteiger partial charge < -0.3 is 0 Å². The highest BCUT2D eigenvalue weighted by molar-refractivity contribution is 7.89. The molecule has 0 spiro atoms. The first kappa shape index (κ1) is 16.1. The number of rotatable bonds is 3. The fourth-order valence-corrected chi connectivity index (χ4v) is 4.23. The van der Waals surface area contributed by atoms with Crippen LogP contribution in [0.3, 0.4) is 0 Å². The van der Waals surface area contributed by atoms with Crippen molar-refractivity contribution in [3.05, 3.63) is 29.8 Å². The van der Waals surface area contributed by atoms with Gasteiger partial charge in [-0.1, -0.05) is 12.1 Å². The molecule has 0 amide bonds. The molecule has 21 heavy (non-hydrogen) atoms. The van der Waals surface area contributed by atoms with Crippen LogP contribution in [0, 0.1) is 0 Å². The number of likely N-dealkylation sites (N-methyl/N-ethyl adjacent to an activating group) is 1. The number of hydrogen-bond acceptors (Lipinski definition) is 4. The van der Waals surface area contributed by atoms with Crippen molar-refractivity contribution in [2.24, 2.45) is 0 Å². The second-order valence-electron chi connectivity index (χ2n) is 5.77. The van der Waals surface area contributed by atoms with E-state index in [4.69, 9.17) is 0 Å². The first-order valence-corrected chi connectivity index (χ1v) is 8.50. The number of Topliss-reactive ketones (excluding diaryl/α,β-unsaturated/α-hetero) is 1. The van der Waals surface area contributed by atoms with Gasteiger partial charge in [0.1, 0.15) is 0 Å². The molecule has 1 aromatic carbocycles. The Morgan fingerprint density at radius 1 is 1.19 bits per heavy atom. The summed E-state index contributed by atoms with van der Waals surface area (Å²) >= 11 is 0. The fourth-order valence-electron chi connectivity index (χ4n) is 2.58. The standard InChI is InChI=1S/C15H22N2O3S/c1-11-9-17(10-12(2)16(11)4)21(19,20)15-7-5-6-14(8-15)13(3)18/h5-8,11-12H,9-10H2,1-4H3. The van der Waals surface area contributed by atoms with Crippen molar-refractivity contribution in [2.75, 3.05) is 20.1 Å². The molecule has 1 saturated heterocycles. The van der Waals surface area contributed by atoms with Crippen LogP contribution in [0.25, 0.3) is 0 Å². The minimum atomic E-state index is -3.55. The number of piperazine rings is 1. The third kappa shape index (κ3) is 3.17. The number of ketones is 1. The summed E-state index contributed by atoms with van der Waals surface area (Å²) in [5.41, 5.74) is 0.422. The predicted molar refractivity (Wildman–Crippen MR) is 81.9 cm³/mol. The average molecular weight is 310 g/mol. The molecule has 1 aromatic rings. The Bertz CT molecular complexity index is 630. The van der Waals surface area contributed by atoms with Crippen molar-refractivity contribution >= 4 is 15.8 Å². The van der Waals surface area contributed by atoms with Crippen molar-refractivity contribution in [1.82, 2.24) is 9.21 Å². The van der Waals surface area contributed by atoms with Crippen molar-refractivity contribution in [3.63, 3.8) is 0 Å². The van der Waals surface area contributed by atoms with E-state index in [0.717, 1.165) is 0 Å². The summed E-state index contributed by atoms with van der Waals surface area (Å²) in [6.07, 6.45) is 0. The molecule has 0 bridgehead atoms. The SMILES string of the molecule is CC(=O)c1cccc(S(=O)(=O)N2CC(C)N(C)C(C)C2)c1. The van der Waals surface area contributed by atoms with Gasteiger partial charge in [0, 0.05) is 30.7 Å². The summed E-state index contributed by atoms with van der Waals surface area (Å²) in [4.78, 5) is 13.8. The molecule has 2 rings (SSSR count). The smallest absolute Gasteiger partial charge is 0.243 e. The Morgan fingerprint density at radius 2 is 1.76 bits per heavy atom. The van der Waals surface area contributed by atoms with Crippen LogP contribution < -0.4 is 0 Å². The molecule has 0 aliphatic carbocycles. The van der Waals surface area contributed by atoms with Gasteiger partial charge in [0.15, 0.2) is 5.78 Å². The van der Waals surface area contributed by atoms with Gasteiger partial charge in [-0.25, -0.2) is 8.42 Å². The predicted octanol–water partition coefficient (Wildman–Crippen LogP) is 1.60. The molecule has 2 unspecified atom stereocenters. The van der Waals surface area contributed by atoms with Gasteiger partial charge in [0.2, 0.25) is 10.0 Å². The van der Waals surface area contributed by atoms with Gasteiger partial charge in [0.05, 0.1) is 4.90 Å². The minimum Gasteiger partial charge on any atom is -0.298 e. The van der Waals surface area contributed by atoms with Crippen molar-refractivity contribution in [3.8, 4) is 0 Å². The summed E-state index contributed by atoms with van der Waals surface area (Å²) in [5.74, 6) is -0.132. The number of hydrogen-bond donors (Lipinski definition) is 0. The van der Waals surface area contributed by atoms with E-state index < -0.39 is 10.0 Å². The second-order valence-corrected chi connectivity index (χ2v) is 7.71. The van der Waals surface area contributed by atoms with Gasteiger partial charge in [-0.2, -0.15) is 4.31 Å². The zero-order valence-corrected chi connectivity index (χ0v) is 13.7. The number of carbonyl (C=O) groups is 1. The van der Waals surface area contributed by atoms with Gasteiger partial charge in [-0.15, -0.1) is 0 Å². The normalized spacial score (nSPS) is 25.0. The summed E-state index contributed by atoms with van der Waals surface area (Å²) in [6.45, 7) is 6.40. The van der Waals surface area contributed by atoms with Crippen molar-refractivity contribution < 1.29 is 13.2 Å². The van der Waals surface area contributed by atoms with E-state index in [2.05, 4.69) is 4.90 Å². The lowest BCUT2D eigenvalue weighted by atomic mass is 10.1. The van der Waals surface area contributed by atoms with Crippen LogP contribution >= 0.6 is 0 Å². The molecule has 0 N–H and O–H groups in total. The molecular weight excluding hydrogens is 288 g/mol. The van der Waals surface area contributed by atoms with Crippen LogP contribution in [0.5, 0.6) is 0 Å². The Morgan fingerprint density at radius 3 is 2.29 bits per heavy atom. The molecule has 0 saturated carbocycles. The number of carbonyl (C=O) groups excluding carboxylic acids is 1. The first-order chi connectivity index (χ1) is 9.73. The Labute approximate surface area is 126 Å². The number of benzene rings is 1. The Balaban J connectivity index is 2.34. The number of sulfonamides is 1. The zero-order chi connectivity index (χ0) is 15.8. The van der Waals surface area contributed by atoms with E-state index in [-0.39, 0.29) is 22.8 Å². The molecule has 116 valence electrons. The second kappa shape index (κ2) is 5.87. The van der Waals surface area contributed by atoms with E-state index in [1.165, 1.54) is 17.3 Å². The van der Waals surface area contributed by atoms with Gasteiger partial charge in [-0.3, -0.25) is 9.69 Å². The third-order valence-electron chi connectivity index (χ3n) is 4.20. The molecule has 5 nitrogen and oxygen atoms in total. The van der Waals surface area contributed by atoms with Gasteiger partial charge in [0.25, 0.3) is 0 Å². The number of nitrogens with zero attached hydrogens (tertiary/aromatic N) is 2. The van der Waals surface area contributed by atoms with E-state index in [9.17, 15) is 13.2 Å². The van der Waals surface area contributed by atoms with Gasteiger partial charge >= 0.3 is 0 Å². The molecule has 2 atom stereocenters. The molecular formula is C15H22N2O3S. The Kier molecular flexibility index (Phi) is 4.51. The van der Waals surface area contributed by atoms with E-state index in [1.807, 2.05) is 20.9 Å². The van der Waals surface area contributed by atoms with Crippen molar-refractivity contribution in [2.45, 2.75) is 37.8 Å². The summed E-state index contributed by atoms with van der Waals surface area (Å²) in [6, 6.07) is 6.60. The van der Waals surface area contributed by atoms with E-state index in [0.29, 0.717) is 18.7 Å². The lowest BCUT2D eigenvalue weighted by Gasteiger charge is -2.41. The lowest BCUT2D eigenvalue weighted by molar-refractivity contribution is 0.101. The molecule has 6 heteroatoms. The molecule has 0 aromatic heterocycles.